The van der Waals surface area contributed by atoms with Crippen molar-refractivity contribution in [3.05, 3.63) is 29.3 Å². The minimum Gasteiger partial charge on any atom is -0.495 e. The van der Waals surface area contributed by atoms with Gasteiger partial charge in [0.15, 0.2) is 0 Å². The standard InChI is InChI=1S/C11H10O3/c1-14-11-5-4-9(8-13)7-10(11)3-2-6-12/h4-5,7-8,12H,6H2,1H3. The second-order valence-corrected chi connectivity index (χ2v) is 2.54. The van der Waals surface area contributed by atoms with Gasteiger partial charge in [-0.2, -0.15) is 0 Å². The first-order valence-electron chi connectivity index (χ1n) is 4.04. The molecule has 0 aliphatic rings. The molecule has 0 aromatic heterocycles. The predicted octanol–water partition coefficient (Wildman–Crippen LogP) is 0.851. The van der Waals surface area contributed by atoms with Crippen LogP contribution >= 0.6 is 0 Å². The van der Waals surface area contributed by atoms with Crippen molar-refractivity contribution < 1.29 is 14.6 Å². The number of benzene rings is 1. The third-order valence-electron chi connectivity index (χ3n) is 1.66. The predicted molar refractivity (Wildman–Crippen MR) is 52.3 cm³/mol. The van der Waals surface area contributed by atoms with Crippen LogP contribution in [0.1, 0.15) is 15.9 Å². The number of ether oxygens (including phenoxy) is 1. The van der Waals surface area contributed by atoms with Crippen molar-refractivity contribution in [3.8, 4) is 17.6 Å². The maximum Gasteiger partial charge on any atom is 0.150 e. The molecule has 0 fully saturated rings. The van der Waals surface area contributed by atoms with E-state index in [1.165, 1.54) is 7.11 Å². The lowest BCUT2D eigenvalue weighted by Crippen LogP contribution is -1.90. The fraction of sp³-hybridized carbons (Fsp3) is 0.182. The Hall–Kier alpha value is -1.79. The molecule has 3 nitrogen and oxygen atoms in total. The number of hydrogen-bond acceptors (Lipinski definition) is 3. The molecule has 0 radical (unpaired) electrons. The minimum absolute atomic E-state index is 0.214. The Bertz CT molecular complexity index is 385. The van der Waals surface area contributed by atoms with Crippen LogP contribution in [0.2, 0.25) is 0 Å². The van der Waals surface area contributed by atoms with Gasteiger partial charge in [0.1, 0.15) is 18.6 Å². The Morgan fingerprint density at radius 1 is 1.57 bits per heavy atom. The quantitative estimate of drug-likeness (QED) is 0.555. The largest absolute Gasteiger partial charge is 0.495 e. The van der Waals surface area contributed by atoms with Gasteiger partial charge in [0.25, 0.3) is 0 Å². The van der Waals surface area contributed by atoms with Crippen LogP contribution in [0.3, 0.4) is 0 Å². The van der Waals surface area contributed by atoms with Gasteiger partial charge >= 0.3 is 0 Å². The molecule has 0 atom stereocenters. The van der Waals surface area contributed by atoms with E-state index >= 15 is 0 Å². The third-order valence-corrected chi connectivity index (χ3v) is 1.66. The van der Waals surface area contributed by atoms with Crippen LogP contribution < -0.4 is 4.74 Å². The molecule has 14 heavy (non-hydrogen) atoms. The molecule has 72 valence electrons. The highest BCUT2D eigenvalue weighted by molar-refractivity contribution is 5.76. The van der Waals surface area contributed by atoms with Gasteiger partial charge in [0, 0.05) is 5.56 Å². The summed E-state index contributed by atoms with van der Waals surface area (Å²) in [5.74, 6) is 5.80. The highest BCUT2D eigenvalue weighted by Crippen LogP contribution is 2.17. The normalized spacial score (nSPS) is 8.71. The summed E-state index contributed by atoms with van der Waals surface area (Å²) < 4.78 is 5.04. The molecule has 0 unspecified atom stereocenters. The van der Waals surface area contributed by atoms with Gasteiger partial charge in [0.2, 0.25) is 0 Å². The average molecular weight is 190 g/mol. The monoisotopic (exact) mass is 190 g/mol. The molecular weight excluding hydrogens is 180 g/mol. The van der Waals surface area contributed by atoms with Crippen molar-refractivity contribution in [2.45, 2.75) is 0 Å². The molecule has 1 N–H and O–H groups in total. The molecule has 0 saturated carbocycles. The highest BCUT2D eigenvalue weighted by Gasteiger charge is 2.00. The number of carbonyl (C=O) groups is 1. The first-order chi connectivity index (χ1) is 6.81. The first kappa shape index (κ1) is 10.3. The zero-order chi connectivity index (χ0) is 10.4. The van der Waals surface area contributed by atoms with Crippen molar-refractivity contribution in [2.75, 3.05) is 13.7 Å². The number of carbonyl (C=O) groups excluding carboxylic acids is 1. The van der Waals surface area contributed by atoms with Gasteiger partial charge in [0.05, 0.1) is 12.7 Å². The lowest BCUT2D eigenvalue weighted by Gasteiger charge is -2.02. The summed E-state index contributed by atoms with van der Waals surface area (Å²) in [7, 11) is 1.53. The molecule has 0 bridgehead atoms. The molecule has 1 aromatic rings. The van der Waals surface area contributed by atoms with E-state index in [4.69, 9.17) is 9.84 Å². The highest BCUT2D eigenvalue weighted by atomic mass is 16.5. The van der Waals surface area contributed by atoms with Crippen molar-refractivity contribution in [3.63, 3.8) is 0 Å². The summed E-state index contributed by atoms with van der Waals surface area (Å²) in [6.07, 6.45) is 0.740. The number of rotatable bonds is 2. The fourth-order valence-corrected chi connectivity index (χ4v) is 1.03. The van der Waals surface area contributed by atoms with Gasteiger partial charge in [-0.3, -0.25) is 4.79 Å². The number of hydrogen-bond donors (Lipinski definition) is 1. The van der Waals surface area contributed by atoms with Crippen LogP contribution in [-0.4, -0.2) is 25.1 Å². The van der Waals surface area contributed by atoms with Gasteiger partial charge in [-0.25, -0.2) is 0 Å². The third kappa shape index (κ3) is 2.35. The van der Waals surface area contributed by atoms with Gasteiger partial charge < -0.3 is 9.84 Å². The van der Waals surface area contributed by atoms with Crippen LogP contribution in [0.5, 0.6) is 5.75 Å². The molecule has 1 rings (SSSR count). The summed E-state index contributed by atoms with van der Waals surface area (Å²) in [6, 6.07) is 4.94. The molecule has 0 amide bonds. The summed E-state index contributed by atoms with van der Waals surface area (Å²) >= 11 is 0. The van der Waals surface area contributed by atoms with Gasteiger partial charge in [-0.05, 0) is 18.2 Å². The molecule has 3 heteroatoms. The molecule has 0 aliphatic carbocycles. The summed E-state index contributed by atoms with van der Waals surface area (Å²) in [5, 5.41) is 8.53. The second kappa shape index (κ2) is 5.05. The SMILES string of the molecule is COc1ccc(C=O)cc1C#CCO. The Morgan fingerprint density at radius 2 is 2.36 bits per heavy atom. The Morgan fingerprint density at radius 3 is 2.93 bits per heavy atom. The lowest BCUT2D eigenvalue weighted by molar-refractivity contribution is 0.112. The van der Waals surface area contributed by atoms with E-state index in [0.717, 1.165) is 6.29 Å². The molecule has 0 aliphatic heterocycles. The smallest absolute Gasteiger partial charge is 0.150 e. The van der Waals surface area contributed by atoms with Crippen molar-refractivity contribution in [2.24, 2.45) is 0 Å². The van der Waals surface area contributed by atoms with E-state index in [-0.39, 0.29) is 6.61 Å². The van der Waals surface area contributed by atoms with E-state index in [1.54, 1.807) is 18.2 Å². The van der Waals surface area contributed by atoms with Crippen LogP contribution in [0, 0.1) is 11.8 Å². The summed E-state index contributed by atoms with van der Waals surface area (Å²) in [5.41, 5.74) is 1.14. The van der Waals surface area contributed by atoms with E-state index in [1.807, 2.05) is 0 Å². The lowest BCUT2D eigenvalue weighted by atomic mass is 10.1. The summed E-state index contributed by atoms with van der Waals surface area (Å²) in [6.45, 7) is -0.214. The topological polar surface area (TPSA) is 46.5 Å². The van der Waals surface area contributed by atoms with Crippen LogP contribution in [0.4, 0.5) is 0 Å². The minimum atomic E-state index is -0.214. The van der Waals surface area contributed by atoms with Crippen LogP contribution in [-0.2, 0) is 0 Å². The van der Waals surface area contributed by atoms with Crippen LogP contribution in [0.15, 0.2) is 18.2 Å². The van der Waals surface area contributed by atoms with E-state index in [2.05, 4.69) is 11.8 Å². The number of aldehydes is 1. The van der Waals surface area contributed by atoms with E-state index in [0.29, 0.717) is 16.9 Å². The van der Waals surface area contributed by atoms with Crippen molar-refractivity contribution >= 4 is 6.29 Å². The van der Waals surface area contributed by atoms with Crippen LogP contribution in [0.25, 0.3) is 0 Å². The summed E-state index contributed by atoms with van der Waals surface area (Å²) in [4.78, 5) is 10.5. The number of methoxy groups -OCH3 is 1. The Labute approximate surface area is 82.3 Å². The van der Waals surface area contributed by atoms with Gasteiger partial charge in [-0.15, -0.1) is 0 Å². The van der Waals surface area contributed by atoms with Gasteiger partial charge in [-0.1, -0.05) is 11.8 Å². The number of aliphatic hydroxyl groups excluding tert-OH is 1. The molecule has 0 heterocycles. The molecule has 1 aromatic carbocycles. The Kier molecular flexibility index (Phi) is 3.71. The zero-order valence-corrected chi connectivity index (χ0v) is 7.78. The Balaban J connectivity index is 3.14. The maximum atomic E-state index is 10.5. The number of aliphatic hydroxyl groups is 1. The maximum absolute atomic E-state index is 10.5. The fourth-order valence-electron chi connectivity index (χ4n) is 1.03. The second-order valence-electron chi connectivity index (χ2n) is 2.54. The first-order valence-corrected chi connectivity index (χ1v) is 4.04. The zero-order valence-electron chi connectivity index (χ0n) is 7.78. The average Bonchev–Trinajstić information content (AvgIpc) is 2.25. The van der Waals surface area contributed by atoms with Crippen molar-refractivity contribution in [1.82, 2.24) is 0 Å². The van der Waals surface area contributed by atoms with Crippen molar-refractivity contribution in [1.29, 1.82) is 0 Å². The molecule has 0 saturated heterocycles. The molecular formula is C11H10O3. The van der Waals surface area contributed by atoms with E-state index < -0.39 is 0 Å². The molecule has 0 spiro atoms. The van der Waals surface area contributed by atoms with E-state index in [9.17, 15) is 4.79 Å².